The van der Waals surface area contributed by atoms with Gasteiger partial charge in [-0.25, -0.2) is 0 Å². The summed E-state index contributed by atoms with van der Waals surface area (Å²) < 4.78 is 12.9. The van der Waals surface area contributed by atoms with Crippen LogP contribution in [-0.4, -0.2) is 0 Å². The Morgan fingerprint density at radius 2 is 0.729 bits per heavy atom. The molecule has 0 saturated carbocycles. The summed E-state index contributed by atoms with van der Waals surface area (Å²) in [5.41, 5.74) is 12.1. The topological polar surface area (TPSA) is 24.9 Å². The molecule has 2 heterocycles. The maximum atomic E-state index is 6.45. The number of ether oxygens (including phenoxy) is 2. The fraction of sp³-hybridized carbons (Fsp3) is 0.0182. The number of para-hydroxylation sites is 8. The molecule has 0 radical (unpaired) electrons. The van der Waals surface area contributed by atoms with Crippen LogP contribution in [0.4, 0.5) is 34.1 Å². The number of rotatable bonds is 4. The number of nitrogens with zero attached hydrogens (tertiary/aromatic N) is 2. The van der Waals surface area contributed by atoms with Crippen LogP contribution in [0.15, 0.2) is 200 Å². The number of benzene rings is 10. The molecule has 0 N–H and O–H groups in total. The normalized spacial score (nSPS) is 12.7. The predicted octanol–water partition coefficient (Wildman–Crippen LogP) is 15.9. The summed E-state index contributed by atoms with van der Waals surface area (Å²) >= 11 is 0. The van der Waals surface area contributed by atoms with Crippen LogP contribution in [0.25, 0.3) is 54.6 Å². The first-order valence-electron chi connectivity index (χ1n) is 20.1. The molecule has 0 fully saturated rings. The van der Waals surface area contributed by atoms with Gasteiger partial charge in [-0.3, -0.25) is 0 Å². The van der Waals surface area contributed by atoms with Gasteiger partial charge in [-0.1, -0.05) is 127 Å². The van der Waals surface area contributed by atoms with Gasteiger partial charge in [0.15, 0.2) is 23.0 Å². The largest absolute Gasteiger partial charge is 0.453 e. The Hall–Kier alpha value is -7.82. The summed E-state index contributed by atoms with van der Waals surface area (Å²) in [5, 5.41) is 7.15. The minimum atomic E-state index is 0.832. The Kier molecular flexibility index (Phi) is 7.41. The second-order valence-corrected chi connectivity index (χ2v) is 15.4. The zero-order chi connectivity index (χ0) is 39.0. The lowest BCUT2D eigenvalue weighted by atomic mass is 9.84. The number of aryl methyl sites for hydroxylation is 1. The SMILES string of the molecule is Cc1ccc(-c2c3ccc(N4c5ccccc5Oc5ccccc54)cc3c(-c3ccc4ccccc4c3)c3ccc(N4c5ccccc5Oc5ccccc54)cc23)cc1. The van der Waals surface area contributed by atoms with E-state index in [9.17, 15) is 0 Å². The smallest absolute Gasteiger partial charge is 0.151 e. The van der Waals surface area contributed by atoms with E-state index in [4.69, 9.17) is 9.47 Å². The lowest BCUT2D eigenvalue weighted by Crippen LogP contribution is -2.15. The van der Waals surface area contributed by atoms with Crippen LogP contribution < -0.4 is 19.3 Å². The van der Waals surface area contributed by atoms with Crippen molar-refractivity contribution in [1.29, 1.82) is 0 Å². The Labute approximate surface area is 342 Å². The van der Waals surface area contributed by atoms with Crippen molar-refractivity contribution in [1.82, 2.24) is 0 Å². The van der Waals surface area contributed by atoms with Gasteiger partial charge >= 0.3 is 0 Å². The lowest BCUT2D eigenvalue weighted by molar-refractivity contribution is 0.477. The van der Waals surface area contributed by atoms with Gasteiger partial charge in [0.1, 0.15) is 0 Å². The van der Waals surface area contributed by atoms with E-state index in [0.717, 1.165) is 57.1 Å². The highest BCUT2D eigenvalue weighted by molar-refractivity contribution is 6.23. The van der Waals surface area contributed by atoms with Crippen molar-refractivity contribution in [3.63, 3.8) is 0 Å². The summed E-state index contributed by atoms with van der Waals surface area (Å²) in [4.78, 5) is 4.67. The third-order valence-corrected chi connectivity index (χ3v) is 11.8. The Balaban J connectivity index is 1.19. The van der Waals surface area contributed by atoms with Gasteiger partial charge in [0.2, 0.25) is 0 Å². The Morgan fingerprint density at radius 3 is 1.22 bits per heavy atom. The van der Waals surface area contributed by atoms with E-state index in [1.165, 1.54) is 60.1 Å². The highest BCUT2D eigenvalue weighted by Gasteiger charge is 2.29. The molecule has 0 bridgehead atoms. The average molecular weight is 757 g/mol. The minimum absolute atomic E-state index is 0.832. The molecule has 4 nitrogen and oxygen atoms in total. The fourth-order valence-electron chi connectivity index (χ4n) is 9.14. The first-order valence-corrected chi connectivity index (χ1v) is 20.1. The van der Waals surface area contributed by atoms with Gasteiger partial charge in [-0.05, 0) is 140 Å². The van der Waals surface area contributed by atoms with Gasteiger partial charge in [0.05, 0.1) is 22.7 Å². The molecule has 0 unspecified atom stereocenters. The molecular weight excluding hydrogens is 721 g/mol. The van der Waals surface area contributed by atoms with E-state index < -0.39 is 0 Å². The van der Waals surface area contributed by atoms with Crippen LogP contribution in [-0.2, 0) is 0 Å². The zero-order valence-corrected chi connectivity index (χ0v) is 32.3. The minimum Gasteiger partial charge on any atom is -0.453 e. The van der Waals surface area contributed by atoms with Crippen molar-refractivity contribution < 1.29 is 9.47 Å². The highest BCUT2D eigenvalue weighted by Crippen LogP contribution is 2.54. The Morgan fingerprint density at radius 1 is 0.322 bits per heavy atom. The van der Waals surface area contributed by atoms with Gasteiger partial charge in [-0.15, -0.1) is 0 Å². The average Bonchev–Trinajstić information content (AvgIpc) is 3.29. The molecular formula is C55H36N2O2. The quantitative estimate of drug-likeness (QED) is 0.167. The summed E-state index contributed by atoms with van der Waals surface area (Å²) in [6, 6.07) is 71.7. The molecule has 2 aliphatic heterocycles. The van der Waals surface area contributed by atoms with Crippen LogP contribution in [0, 0.1) is 6.92 Å². The molecule has 0 amide bonds. The molecule has 4 heteroatoms. The summed E-state index contributed by atoms with van der Waals surface area (Å²) in [5.74, 6) is 3.33. The maximum absolute atomic E-state index is 6.45. The van der Waals surface area contributed by atoms with Crippen LogP contribution >= 0.6 is 0 Å². The lowest BCUT2D eigenvalue weighted by Gasteiger charge is -2.33. The van der Waals surface area contributed by atoms with Crippen molar-refractivity contribution in [3.05, 3.63) is 206 Å². The standard InChI is InChI=1S/C55H36N2O2/c1-35-22-24-37(25-23-35)54-42-30-28-41(57-48-16-6-10-20-52(48)59-53-21-11-7-17-49(53)57)34-45(42)55(39-27-26-36-12-2-3-13-38(36)32-39)43-31-29-40(33-44(43)54)56-46-14-4-8-18-50(46)58-51-19-9-5-15-47(51)56/h2-34H,1H3. The molecule has 59 heavy (non-hydrogen) atoms. The van der Waals surface area contributed by atoms with E-state index >= 15 is 0 Å². The summed E-state index contributed by atoms with van der Waals surface area (Å²) in [6.07, 6.45) is 0. The fourth-order valence-corrected chi connectivity index (χ4v) is 9.14. The molecule has 10 aromatic rings. The van der Waals surface area contributed by atoms with Gasteiger partial charge in [0.25, 0.3) is 0 Å². The van der Waals surface area contributed by atoms with Gasteiger partial charge < -0.3 is 19.3 Å². The third-order valence-electron chi connectivity index (χ3n) is 11.8. The summed E-state index contributed by atoms with van der Waals surface area (Å²) in [6.45, 7) is 2.15. The monoisotopic (exact) mass is 756 g/mol. The van der Waals surface area contributed by atoms with E-state index in [2.05, 4.69) is 168 Å². The van der Waals surface area contributed by atoms with E-state index in [-0.39, 0.29) is 0 Å². The van der Waals surface area contributed by atoms with E-state index in [1.54, 1.807) is 0 Å². The molecule has 0 aliphatic carbocycles. The second-order valence-electron chi connectivity index (χ2n) is 15.4. The number of anilines is 6. The van der Waals surface area contributed by atoms with E-state index in [1.807, 2.05) is 48.5 Å². The molecule has 278 valence electrons. The van der Waals surface area contributed by atoms with E-state index in [0.29, 0.717) is 0 Å². The van der Waals surface area contributed by atoms with Crippen molar-refractivity contribution in [3.8, 4) is 45.3 Å². The molecule has 0 aromatic heterocycles. The molecule has 0 saturated heterocycles. The summed E-state index contributed by atoms with van der Waals surface area (Å²) in [7, 11) is 0. The molecule has 12 rings (SSSR count). The van der Waals surface area contributed by atoms with Gasteiger partial charge in [0, 0.05) is 11.4 Å². The molecule has 10 aromatic carbocycles. The van der Waals surface area contributed by atoms with Crippen molar-refractivity contribution in [2.75, 3.05) is 9.80 Å². The molecule has 0 atom stereocenters. The zero-order valence-electron chi connectivity index (χ0n) is 32.3. The van der Waals surface area contributed by atoms with Gasteiger partial charge in [-0.2, -0.15) is 0 Å². The molecule has 2 aliphatic rings. The first-order chi connectivity index (χ1) is 29.2. The van der Waals surface area contributed by atoms with Crippen LogP contribution in [0.5, 0.6) is 23.0 Å². The van der Waals surface area contributed by atoms with Crippen molar-refractivity contribution in [2.24, 2.45) is 0 Å². The highest BCUT2D eigenvalue weighted by atomic mass is 16.5. The van der Waals surface area contributed by atoms with Crippen LogP contribution in [0.1, 0.15) is 5.56 Å². The van der Waals surface area contributed by atoms with Crippen molar-refractivity contribution >= 4 is 66.4 Å². The van der Waals surface area contributed by atoms with Crippen LogP contribution in [0.3, 0.4) is 0 Å². The first kappa shape index (κ1) is 33.3. The maximum Gasteiger partial charge on any atom is 0.151 e. The predicted molar refractivity (Wildman–Crippen MR) is 244 cm³/mol. The number of hydrogen-bond donors (Lipinski definition) is 0. The van der Waals surface area contributed by atoms with Crippen LogP contribution in [0.2, 0.25) is 0 Å². The molecule has 0 spiro atoms. The second kappa shape index (κ2) is 13.1. The third kappa shape index (κ3) is 5.30. The number of hydrogen-bond acceptors (Lipinski definition) is 4. The van der Waals surface area contributed by atoms with Crippen molar-refractivity contribution in [2.45, 2.75) is 6.92 Å². The number of fused-ring (bicyclic) bond motifs is 7. The Bertz CT molecular complexity index is 3220.